The van der Waals surface area contributed by atoms with E-state index in [2.05, 4.69) is 10.1 Å². The number of anilines is 1. The standard InChI is InChI=1S/C19H14Cl2N4O2S/c1-10(26)24-14-9-4-3-6-11(14)16-17(27)22-19(28-2)23-25(16)18(24)12-7-5-8-13(20)15(12)21/h3-9,18H,1-2H3/p+1/t18-/m1/s1. The number of H-pyrrole nitrogens is 1. The van der Waals surface area contributed by atoms with Crippen LogP contribution in [0.4, 0.5) is 5.69 Å². The molecule has 2 heterocycles. The van der Waals surface area contributed by atoms with Crippen molar-refractivity contribution in [2.75, 3.05) is 11.2 Å². The third-order valence-corrected chi connectivity index (χ3v) is 5.95. The van der Waals surface area contributed by atoms with Gasteiger partial charge in [0.2, 0.25) is 11.1 Å². The number of hydrogen-bond donors (Lipinski definition) is 1. The number of halogens is 2. The zero-order valence-corrected chi connectivity index (χ0v) is 17.3. The van der Waals surface area contributed by atoms with Crippen molar-refractivity contribution in [1.29, 1.82) is 0 Å². The number of carbonyl (C=O) groups is 1. The fraction of sp³-hybridized carbons (Fsp3) is 0.158. The normalized spacial score (nSPS) is 15.1. The van der Waals surface area contributed by atoms with Crippen LogP contribution in [-0.2, 0) is 4.79 Å². The molecule has 0 saturated heterocycles. The van der Waals surface area contributed by atoms with Gasteiger partial charge in [-0.25, -0.2) is 4.90 Å². The highest BCUT2D eigenvalue weighted by atomic mass is 35.5. The highest BCUT2D eigenvalue weighted by molar-refractivity contribution is 7.98. The Bertz CT molecular complexity index is 1160. The van der Waals surface area contributed by atoms with E-state index in [1.54, 1.807) is 39.9 Å². The molecule has 1 aromatic heterocycles. The summed E-state index contributed by atoms with van der Waals surface area (Å²) < 4.78 is 1.55. The molecular formula is C19H15Cl2N4O2S+. The molecule has 142 valence electrons. The van der Waals surface area contributed by atoms with Crippen LogP contribution in [0.1, 0.15) is 18.7 Å². The van der Waals surface area contributed by atoms with Gasteiger partial charge in [-0.15, -0.1) is 0 Å². The molecule has 9 heteroatoms. The van der Waals surface area contributed by atoms with Crippen LogP contribution < -0.4 is 15.1 Å². The Morgan fingerprint density at radius 1 is 1.21 bits per heavy atom. The molecule has 4 rings (SSSR count). The lowest BCUT2D eigenvalue weighted by Gasteiger charge is -2.31. The lowest BCUT2D eigenvalue weighted by Crippen LogP contribution is -2.60. The molecule has 0 fully saturated rings. The monoisotopic (exact) mass is 433 g/mol. The predicted octanol–water partition coefficient (Wildman–Crippen LogP) is 3.67. The average molecular weight is 434 g/mol. The number of nitrogens with zero attached hydrogens (tertiary/aromatic N) is 3. The topological polar surface area (TPSA) is 69.9 Å². The average Bonchev–Trinajstić information content (AvgIpc) is 2.68. The van der Waals surface area contributed by atoms with Crippen LogP contribution >= 0.6 is 35.0 Å². The fourth-order valence-corrected chi connectivity index (χ4v) is 4.18. The molecule has 1 amide bonds. The molecule has 3 aromatic rings. The van der Waals surface area contributed by atoms with E-state index in [4.69, 9.17) is 23.2 Å². The summed E-state index contributed by atoms with van der Waals surface area (Å²) in [6, 6.07) is 12.4. The number of rotatable bonds is 2. The van der Waals surface area contributed by atoms with Crippen molar-refractivity contribution >= 4 is 46.6 Å². The van der Waals surface area contributed by atoms with Gasteiger partial charge in [-0.1, -0.05) is 53.2 Å². The Hall–Kier alpha value is -2.35. The summed E-state index contributed by atoms with van der Waals surface area (Å²) in [6.07, 6.45) is 1.06. The van der Waals surface area contributed by atoms with Crippen molar-refractivity contribution in [3.05, 3.63) is 68.4 Å². The second kappa shape index (κ2) is 7.24. The molecule has 1 aliphatic rings. The molecule has 0 unspecified atom stereocenters. The Balaban J connectivity index is 2.13. The highest BCUT2D eigenvalue weighted by Crippen LogP contribution is 2.40. The zero-order chi connectivity index (χ0) is 20.0. The van der Waals surface area contributed by atoms with Crippen molar-refractivity contribution in [2.45, 2.75) is 18.2 Å². The lowest BCUT2D eigenvalue weighted by molar-refractivity contribution is -0.763. The van der Waals surface area contributed by atoms with Gasteiger partial charge in [0.1, 0.15) is 0 Å². The van der Waals surface area contributed by atoms with Gasteiger partial charge in [-0.2, -0.15) is 0 Å². The van der Waals surface area contributed by atoms with Gasteiger partial charge in [-0.05, 0) is 35.2 Å². The quantitative estimate of drug-likeness (QED) is 0.494. The van der Waals surface area contributed by atoms with Crippen LogP contribution in [0.25, 0.3) is 11.3 Å². The molecule has 1 N–H and O–H groups in total. The van der Waals surface area contributed by atoms with Crippen LogP contribution in [-0.4, -0.2) is 22.2 Å². The maximum absolute atomic E-state index is 12.9. The van der Waals surface area contributed by atoms with Crippen molar-refractivity contribution in [2.24, 2.45) is 0 Å². The first-order valence-electron chi connectivity index (χ1n) is 8.37. The molecule has 2 aromatic carbocycles. The summed E-state index contributed by atoms with van der Waals surface area (Å²) in [5, 5.41) is 5.68. The summed E-state index contributed by atoms with van der Waals surface area (Å²) >= 11 is 14.0. The predicted molar refractivity (Wildman–Crippen MR) is 110 cm³/mol. The first-order chi connectivity index (χ1) is 13.4. The lowest BCUT2D eigenvalue weighted by atomic mass is 10.0. The third kappa shape index (κ3) is 2.90. The summed E-state index contributed by atoms with van der Waals surface area (Å²) in [6.45, 7) is 1.47. The second-order valence-corrected chi connectivity index (χ2v) is 7.76. The van der Waals surface area contributed by atoms with E-state index < -0.39 is 6.17 Å². The number of amides is 1. The largest absolute Gasteiger partial charge is 0.325 e. The molecule has 0 radical (unpaired) electrons. The number of fused-ring (bicyclic) bond motifs is 3. The number of nitrogens with one attached hydrogen (secondary N) is 1. The summed E-state index contributed by atoms with van der Waals surface area (Å²) in [4.78, 5) is 30.0. The number of aromatic nitrogens is 3. The van der Waals surface area contributed by atoms with E-state index in [-0.39, 0.29) is 11.5 Å². The molecule has 1 atom stereocenters. The molecule has 0 bridgehead atoms. The third-order valence-electron chi connectivity index (χ3n) is 4.55. The van der Waals surface area contributed by atoms with E-state index in [0.29, 0.717) is 37.7 Å². The Kier molecular flexibility index (Phi) is 4.91. The molecule has 1 aliphatic heterocycles. The van der Waals surface area contributed by atoms with E-state index in [0.717, 1.165) is 0 Å². The second-order valence-electron chi connectivity index (χ2n) is 6.18. The minimum atomic E-state index is -0.748. The maximum atomic E-state index is 12.9. The van der Waals surface area contributed by atoms with E-state index >= 15 is 0 Å². The smallest absolute Gasteiger partial charge is 0.291 e. The van der Waals surface area contributed by atoms with Crippen LogP contribution in [0.5, 0.6) is 0 Å². The van der Waals surface area contributed by atoms with Gasteiger partial charge in [0.15, 0.2) is 0 Å². The number of carbonyl (C=O) groups excluding carboxylic acids is 1. The summed E-state index contributed by atoms with van der Waals surface area (Å²) in [5.74, 6) is -0.209. The Labute approximate surface area is 175 Å². The van der Waals surface area contributed by atoms with Gasteiger partial charge in [0.25, 0.3) is 6.17 Å². The fourth-order valence-electron chi connectivity index (χ4n) is 3.41. The minimum Gasteiger partial charge on any atom is -0.291 e. The van der Waals surface area contributed by atoms with Crippen LogP contribution in [0.2, 0.25) is 10.0 Å². The van der Waals surface area contributed by atoms with E-state index in [9.17, 15) is 9.59 Å². The SMILES string of the molecule is CSc1n[n+]2c(c(=O)[nH]1)-c1ccccc1N(C(C)=O)[C@H]2c1cccc(Cl)c1Cl. The van der Waals surface area contributed by atoms with Crippen molar-refractivity contribution in [1.82, 2.24) is 10.1 Å². The maximum Gasteiger partial charge on any atom is 0.325 e. The van der Waals surface area contributed by atoms with Gasteiger partial charge in [0.05, 0.1) is 26.9 Å². The Morgan fingerprint density at radius 3 is 2.68 bits per heavy atom. The van der Waals surface area contributed by atoms with E-state index in [1.165, 1.54) is 18.7 Å². The number of hydrogen-bond acceptors (Lipinski definition) is 4. The van der Waals surface area contributed by atoms with Gasteiger partial charge >= 0.3 is 11.3 Å². The van der Waals surface area contributed by atoms with Crippen molar-refractivity contribution < 1.29 is 9.48 Å². The zero-order valence-electron chi connectivity index (χ0n) is 14.9. The molecule has 0 saturated carbocycles. The van der Waals surface area contributed by atoms with Gasteiger partial charge in [0, 0.05) is 12.0 Å². The first kappa shape index (κ1) is 19.0. The first-order valence-corrected chi connectivity index (χ1v) is 10.4. The summed E-state index contributed by atoms with van der Waals surface area (Å²) in [5.41, 5.74) is 1.87. The Morgan fingerprint density at radius 2 is 1.96 bits per heavy atom. The number of aromatic amines is 1. The molecular weight excluding hydrogens is 419 g/mol. The van der Waals surface area contributed by atoms with Crippen LogP contribution in [0.15, 0.2) is 52.4 Å². The van der Waals surface area contributed by atoms with Crippen LogP contribution in [0.3, 0.4) is 0 Å². The number of benzene rings is 2. The van der Waals surface area contributed by atoms with Gasteiger partial charge in [-0.3, -0.25) is 14.6 Å². The van der Waals surface area contributed by atoms with Crippen molar-refractivity contribution in [3.8, 4) is 11.3 Å². The molecule has 6 nitrogen and oxygen atoms in total. The molecule has 0 spiro atoms. The molecule has 28 heavy (non-hydrogen) atoms. The van der Waals surface area contributed by atoms with Crippen LogP contribution in [0, 0.1) is 0 Å². The van der Waals surface area contributed by atoms with Crippen molar-refractivity contribution in [3.63, 3.8) is 0 Å². The number of para-hydroxylation sites is 1. The summed E-state index contributed by atoms with van der Waals surface area (Å²) in [7, 11) is 0. The number of thioether (sulfide) groups is 1. The molecule has 0 aliphatic carbocycles. The highest BCUT2D eigenvalue weighted by Gasteiger charge is 2.45. The van der Waals surface area contributed by atoms with E-state index in [1.807, 2.05) is 18.4 Å². The minimum absolute atomic E-state index is 0.209. The van der Waals surface area contributed by atoms with Gasteiger partial charge < -0.3 is 0 Å².